The van der Waals surface area contributed by atoms with Crippen molar-refractivity contribution in [1.82, 2.24) is 10.2 Å². The fourth-order valence-corrected chi connectivity index (χ4v) is 3.29. The molecule has 1 saturated carbocycles. The van der Waals surface area contributed by atoms with Gasteiger partial charge in [-0.25, -0.2) is 4.79 Å². The third-order valence-corrected chi connectivity index (χ3v) is 4.64. The number of nitrogens with zero attached hydrogens (tertiary/aromatic N) is 1. The van der Waals surface area contributed by atoms with Gasteiger partial charge in [-0.05, 0) is 31.1 Å². The van der Waals surface area contributed by atoms with Crippen molar-refractivity contribution in [2.24, 2.45) is 5.41 Å². The molecule has 5 heteroatoms. The molecule has 0 bridgehead atoms. The van der Waals surface area contributed by atoms with E-state index in [1.165, 1.54) is 0 Å². The average molecular weight is 267 g/mol. The Morgan fingerprint density at radius 1 is 1.32 bits per heavy atom. The van der Waals surface area contributed by atoms with Gasteiger partial charge in [-0.2, -0.15) is 0 Å². The van der Waals surface area contributed by atoms with Crippen molar-refractivity contribution in [1.29, 1.82) is 5.41 Å². The van der Waals surface area contributed by atoms with Crippen LogP contribution in [0.1, 0.15) is 46.0 Å². The Balaban J connectivity index is 2.22. The third kappa shape index (κ3) is 2.61. The van der Waals surface area contributed by atoms with Crippen LogP contribution in [-0.4, -0.2) is 42.6 Å². The zero-order valence-corrected chi connectivity index (χ0v) is 12.2. The number of ether oxygens (including phenoxy) is 1. The Kier molecular flexibility index (Phi) is 3.85. The van der Waals surface area contributed by atoms with Crippen molar-refractivity contribution in [3.63, 3.8) is 0 Å². The molecule has 1 heterocycles. The van der Waals surface area contributed by atoms with Crippen LogP contribution in [0.4, 0.5) is 4.79 Å². The van der Waals surface area contributed by atoms with Crippen molar-refractivity contribution in [2.45, 2.75) is 51.5 Å². The summed E-state index contributed by atoms with van der Waals surface area (Å²) in [5.74, 6) is 0.381. The number of carbonyl (C=O) groups excluding carboxylic acids is 1. The number of urea groups is 1. The molecule has 1 unspecified atom stereocenters. The molecule has 2 amide bonds. The molecule has 0 radical (unpaired) electrons. The van der Waals surface area contributed by atoms with E-state index in [0.29, 0.717) is 24.4 Å². The van der Waals surface area contributed by atoms with Gasteiger partial charge in [0.25, 0.3) is 0 Å². The number of amides is 2. The minimum Gasteiger partial charge on any atom is -0.383 e. The van der Waals surface area contributed by atoms with Crippen LogP contribution in [0.2, 0.25) is 0 Å². The highest BCUT2D eigenvalue weighted by Gasteiger charge is 2.50. The summed E-state index contributed by atoms with van der Waals surface area (Å²) in [5.41, 5.74) is -0.105. The molecule has 0 aromatic rings. The first-order chi connectivity index (χ1) is 8.91. The smallest absolute Gasteiger partial charge is 0.323 e. The Morgan fingerprint density at radius 3 is 2.74 bits per heavy atom. The van der Waals surface area contributed by atoms with E-state index in [2.05, 4.69) is 19.2 Å². The number of rotatable bonds is 3. The first-order valence-corrected chi connectivity index (χ1v) is 7.08. The number of carbonyl (C=O) groups is 1. The standard InChI is InChI=1S/C14H25N3O2/c1-13(2)5-4-6-14(8-7-13)11(15)16-12(18)17(14)9-10-19-3/h4-10H2,1-3H3,(H2,15,16,18). The van der Waals surface area contributed by atoms with Crippen molar-refractivity contribution in [3.05, 3.63) is 0 Å². The van der Waals surface area contributed by atoms with E-state index in [1.807, 2.05) is 4.90 Å². The maximum absolute atomic E-state index is 12.1. The Morgan fingerprint density at radius 2 is 2.05 bits per heavy atom. The molecule has 2 rings (SSSR count). The molecule has 2 fully saturated rings. The minimum atomic E-state index is -0.413. The lowest BCUT2D eigenvalue weighted by Crippen LogP contribution is -2.50. The molecular formula is C14H25N3O2. The van der Waals surface area contributed by atoms with Crippen LogP contribution in [0.3, 0.4) is 0 Å². The van der Waals surface area contributed by atoms with Gasteiger partial charge in [-0.3, -0.25) is 10.7 Å². The van der Waals surface area contributed by atoms with Crippen molar-refractivity contribution < 1.29 is 9.53 Å². The molecule has 0 aromatic carbocycles. The fourth-order valence-electron chi connectivity index (χ4n) is 3.29. The molecule has 2 N–H and O–H groups in total. The van der Waals surface area contributed by atoms with Crippen molar-refractivity contribution >= 4 is 11.9 Å². The molecule has 2 aliphatic rings. The number of hydrogen-bond acceptors (Lipinski definition) is 3. The molecule has 1 aliphatic heterocycles. The first-order valence-electron chi connectivity index (χ1n) is 7.08. The summed E-state index contributed by atoms with van der Waals surface area (Å²) in [6.45, 7) is 5.63. The molecule has 0 aromatic heterocycles. The quantitative estimate of drug-likeness (QED) is 0.824. The predicted molar refractivity (Wildman–Crippen MR) is 74.4 cm³/mol. The van der Waals surface area contributed by atoms with Gasteiger partial charge in [-0.15, -0.1) is 0 Å². The largest absolute Gasteiger partial charge is 0.383 e. The van der Waals surface area contributed by atoms with Crippen LogP contribution in [-0.2, 0) is 4.74 Å². The van der Waals surface area contributed by atoms with E-state index in [-0.39, 0.29) is 6.03 Å². The monoisotopic (exact) mass is 267 g/mol. The second-order valence-corrected chi connectivity index (χ2v) is 6.50. The van der Waals surface area contributed by atoms with E-state index in [9.17, 15) is 4.79 Å². The van der Waals surface area contributed by atoms with Gasteiger partial charge >= 0.3 is 6.03 Å². The molecular weight excluding hydrogens is 242 g/mol. The number of amidine groups is 1. The summed E-state index contributed by atoms with van der Waals surface area (Å²) in [6, 6.07) is -0.137. The van der Waals surface area contributed by atoms with Gasteiger partial charge in [0.1, 0.15) is 11.4 Å². The van der Waals surface area contributed by atoms with Crippen LogP contribution in [0.25, 0.3) is 0 Å². The van der Waals surface area contributed by atoms with Gasteiger partial charge in [0, 0.05) is 13.7 Å². The van der Waals surface area contributed by atoms with E-state index in [4.69, 9.17) is 10.1 Å². The van der Waals surface area contributed by atoms with Gasteiger partial charge in [0.15, 0.2) is 0 Å². The van der Waals surface area contributed by atoms with Gasteiger partial charge < -0.3 is 9.64 Å². The fraction of sp³-hybridized carbons (Fsp3) is 0.857. The van der Waals surface area contributed by atoms with E-state index < -0.39 is 5.54 Å². The molecule has 1 atom stereocenters. The van der Waals surface area contributed by atoms with Crippen LogP contribution >= 0.6 is 0 Å². The summed E-state index contributed by atoms with van der Waals surface area (Å²) in [5, 5.41) is 10.9. The van der Waals surface area contributed by atoms with Crippen LogP contribution in [0.15, 0.2) is 0 Å². The minimum absolute atomic E-state index is 0.137. The summed E-state index contributed by atoms with van der Waals surface area (Å²) in [4.78, 5) is 13.9. The zero-order valence-electron chi connectivity index (χ0n) is 12.2. The zero-order chi connectivity index (χ0) is 14.1. The number of hydrogen-bond donors (Lipinski definition) is 2. The van der Waals surface area contributed by atoms with Gasteiger partial charge in [-0.1, -0.05) is 20.3 Å². The molecule has 1 spiro atoms. The Bertz CT molecular complexity index is 381. The van der Waals surface area contributed by atoms with E-state index in [1.54, 1.807) is 7.11 Å². The number of nitrogens with one attached hydrogen (secondary N) is 2. The Hall–Kier alpha value is -1.10. The summed E-state index contributed by atoms with van der Waals surface area (Å²) in [6.07, 6.45) is 5.04. The third-order valence-electron chi connectivity index (χ3n) is 4.64. The molecule has 1 aliphatic carbocycles. The summed E-state index contributed by atoms with van der Waals surface area (Å²) in [7, 11) is 1.64. The van der Waals surface area contributed by atoms with E-state index in [0.717, 1.165) is 32.1 Å². The summed E-state index contributed by atoms with van der Waals surface area (Å²) < 4.78 is 5.10. The summed E-state index contributed by atoms with van der Waals surface area (Å²) >= 11 is 0. The maximum atomic E-state index is 12.1. The van der Waals surface area contributed by atoms with Crippen LogP contribution in [0.5, 0.6) is 0 Å². The SMILES string of the molecule is COCCN1C(=O)NC(=N)C12CCCC(C)(C)CC2. The lowest BCUT2D eigenvalue weighted by Gasteiger charge is -2.36. The topological polar surface area (TPSA) is 65.4 Å². The molecule has 5 nitrogen and oxygen atoms in total. The first kappa shape index (κ1) is 14.3. The van der Waals surface area contributed by atoms with Crippen molar-refractivity contribution in [3.8, 4) is 0 Å². The van der Waals surface area contributed by atoms with Gasteiger partial charge in [0.2, 0.25) is 0 Å². The highest BCUT2D eigenvalue weighted by atomic mass is 16.5. The lowest BCUT2D eigenvalue weighted by molar-refractivity contribution is 0.116. The highest BCUT2D eigenvalue weighted by Crippen LogP contribution is 2.42. The molecule has 108 valence electrons. The highest BCUT2D eigenvalue weighted by molar-refractivity contribution is 6.08. The van der Waals surface area contributed by atoms with Crippen LogP contribution in [0, 0.1) is 10.8 Å². The molecule has 19 heavy (non-hydrogen) atoms. The second kappa shape index (κ2) is 5.12. The van der Waals surface area contributed by atoms with Gasteiger partial charge in [0.05, 0.1) is 6.61 Å². The number of methoxy groups -OCH3 is 1. The lowest BCUT2D eigenvalue weighted by atomic mass is 9.83. The Labute approximate surface area is 115 Å². The molecule has 1 saturated heterocycles. The predicted octanol–water partition coefficient (Wildman–Crippen LogP) is 2.36. The average Bonchev–Trinajstić information content (AvgIpc) is 2.47. The normalized spacial score (nSPS) is 30.6. The van der Waals surface area contributed by atoms with Crippen molar-refractivity contribution in [2.75, 3.05) is 20.3 Å². The maximum Gasteiger partial charge on any atom is 0.323 e. The van der Waals surface area contributed by atoms with Crippen LogP contribution < -0.4 is 5.32 Å². The van der Waals surface area contributed by atoms with E-state index >= 15 is 0 Å². The second-order valence-electron chi connectivity index (χ2n) is 6.50.